The van der Waals surface area contributed by atoms with E-state index in [1.165, 1.54) is 18.2 Å². The Labute approximate surface area is 144 Å². The van der Waals surface area contributed by atoms with Crippen LogP contribution in [0.4, 0.5) is 4.39 Å². The van der Waals surface area contributed by atoms with Crippen LogP contribution in [-0.2, 0) is 9.53 Å². The van der Waals surface area contributed by atoms with E-state index in [9.17, 15) is 9.18 Å². The number of aliphatic imine (C=N–C) groups is 1. The Balaban J connectivity index is 2.00. The molecule has 0 saturated carbocycles. The minimum atomic E-state index is -0.589. The summed E-state index contributed by atoms with van der Waals surface area (Å²) in [6.45, 7) is 0. The van der Waals surface area contributed by atoms with Gasteiger partial charge in [0.05, 0.1) is 10.6 Å². The maximum Gasteiger partial charge on any atom is 0.363 e. The zero-order valence-corrected chi connectivity index (χ0v) is 13.9. The van der Waals surface area contributed by atoms with E-state index in [1.54, 1.807) is 24.3 Å². The van der Waals surface area contributed by atoms with Crippen molar-refractivity contribution in [3.63, 3.8) is 0 Å². The molecule has 0 radical (unpaired) electrons. The van der Waals surface area contributed by atoms with Gasteiger partial charge in [-0.1, -0.05) is 23.7 Å². The molecule has 0 atom stereocenters. The number of hydrogen-bond donors (Lipinski definition) is 0. The van der Waals surface area contributed by atoms with Crippen LogP contribution in [0.15, 0.2) is 53.2 Å². The molecule has 0 spiro atoms. The number of rotatable bonds is 2. The van der Waals surface area contributed by atoms with Gasteiger partial charge in [-0.2, -0.15) is 0 Å². The molecule has 1 aliphatic heterocycles. The lowest BCUT2D eigenvalue weighted by atomic mass is 10.2. The first-order valence-corrected chi connectivity index (χ1v) is 7.72. The second-order valence-electron chi connectivity index (χ2n) is 4.52. The summed E-state index contributed by atoms with van der Waals surface area (Å²) in [5.74, 6) is -0.823. The lowest BCUT2D eigenvalue weighted by molar-refractivity contribution is -0.129. The molecule has 1 aliphatic rings. The first-order chi connectivity index (χ1) is 10.5. The number of cyclic esters (lactones) is 1. The van der Waals surface area contributed by atoms with E-state index < -0.39 is 5.97 Å². The van der Waals surface area contributed by atoms with Gasteiger partial charge in [0.25, 0.3) is 0 Å². The molecule has 110 valence electrons. The Kier molecular flexibility index (Phi) is 4.26. The molecule has 3 rings (SSSR count). The van der Waals surface area contributed by atoms with Crippen molar-refractivity contribution in [2.75, 3.05) is 0 Å². The molecule has 0 aromatic heterocycles. The standard InChI is InChI=1S/C16H8ClFINO2/c17-13-5-4-11(19)8-12(13)15-20-14(16(21)22-15)7-9-2-1-3-10(18)6-9/h1-8H/b14-7+. The van der Waals surface area contributed by atoms with Gasteiger partial charge in [-0.15, -0.1) is 0 Å². The van der Waals surface area contributed by atoms with Gasteiger partial charge < -0.3 is 4.74 Å². The van der Waals surface area contributed by atoms with Crippen molar-refractivity contribution in [1.29, 1.82) is 0 Å². The highest BCUT2D eigenvalue weighted by Crippen LogP contribution is 2.25. The monoisotopic (exact) mass is 427 g/mol. The van der Waals surface area contributed by atoms with Gasteiger partial charge in [0.2, 0.25) is 5.90 Å². The van der Waals surface area contributed by atoms with Gasteiger partial charge in [-0.25, -0.2) is 14.2 Å². The van der Waals surface area contributed by atoms with Crippen LogP contribution in [0.25, 0.3) is 6.08 Å². The highest BCUT2D eigenvalue weighted by molar-refractivity contribution is 14.1. The fourth-order valence-electron chi connectivity index (χ4n) is 1.94. The summed E-state index contributed by atoms with van der Waals surface area (Å²) >= 11 is 8.24. The quantitative estimate of drug-likeness (QED) is 0.404. The molecule has 6 heteroatoms. The van der Waals surface area contributed by atoms with E-state index in [2.05, 4.69) is 27.6 Å². The average Bonchev–Trinajstić information content (AvgIpc) is 2.83. The number of hydrogen-bond acceptors (Lipinski definition) is 3. The summed E-state index contributed by atoms with van der Waals surface area (Å²) in [5.41, 5.74) is 1.19. The van der Waals surface area contributed by atoms with Crippen LogP contribution in [0.5, 0.6) is 0 Å². The van der Waals surface area contributed by atoms with Crippen LogP contribution < -0.4 is 0 Å². The van der Waals surface area contributed by atoms with Gasteiger partial charge in [-0.3, -0.25) is 0 Å². The van der Waals surface area contributed by atoms with E-state index in [0.29, 0.717) is 16.1 Å². The number of carbonyl (C=O) groups excluding carboxylic acids is 1. The largest absolute Gasteiger partial charge is 0.402 e. The number of halogens is 3. The predicted molar refractivity (Wildman–Crippen MR) is 91.2 cm³/mol. The third kappa shape index (κ3) is 3.20. The molecular weight excluding hydrogens is 420 g/mol. The summed E-state index contributed by atoms with van der Waals surface area (Å²) in [6.07, 6.45) is 1.47. The lowest BCUT2D eigenvalue weighted by Gasteiger charge is -2.02. The number of ether oxygens (including phenoxy) is 1. The molecule has 22 heavy (non-hydrogen) atoms. The van der Waals surface area contributed by atoms with Crippen molar-refractivity contribution in [2.24, 2.45) is 4.99 Å². The van der Waals surface area contributed by atoms with Crippen LogP contribution in [0.1, 0.15) is 11.1 Å². The Morgan fingerprint density at radius 1 is 1.23 bits per heavy atom. The van der Waals surface area contributed by atoms with Crippen LogP contribution in [0, 0.1) is 9.39 Å². The Hall–Kier alpha value is -1.73. The second-order valence-corrected chi connectivity index (χ2v) is 6.17. The third-order valence-electron chi connectivity index (χ3n) is 2.93. The van der Waals surface area contributed by atoms with Gasteiger partial charge in [0, 0.05) is 3.57 Å². The second kappa shape index (κ2) is 6.18. The van der Waals surface area contributed by atoms with Crippen molar-refractivity contribution in [3.8, 4) is 0 Å². The zero-order valence-electron chi connectivity index (χ0n) is 11.0. The topological polar surface area (TPSA) is 38.7 Å². The fraction of sp³-hybridized carbons (Fsp3) is 0. The van der Waals surface area contributed by atoms with Gasteiger partial charge in [-0.05, 0) is 64.6 Å². The summed E-state index contributed by atoms with van der Waals surface area (Å²) in [4.78, 5) is 16.1. The minimum absolute atomic E-state index is 0.107. The maximum absolute atomic E-state index is 13.2. The SMILES string of the molecule is O=C1OC(c2cc(I)ccc2Cl)=N/C1=C/c1cccc(F)c1. The van der Waals surface area contributed by atoms with Gasteiger partial charge in [0.1, 0.15) is 5.82 Å². The maximum atomic E-state index is 13.2. The Bertz CT molecular complexity index is 833. The molecular formula is C16H8ClFINO2. The molecule has 0 amide bonds. The molecule has 0 fully saturated rings. The molecule has 0 bridgehead atoms. The van der Waals surface area contributed by atoms with Gasteiger partial charge in [0.15, 0.2) is 5.70 Å². The molecule has 3 nitrogen and oxygen atoms in total. The van der Waals surface area contributed by atoms with Crippen LogP contribution in [-0.4, -0.2) is 11.9 Å². The molecule has 0 aliphatic carbocycles. The molecule has 2 aromatic carbocycles. The van der Waals surface area contributed by atoms with Crippen LogP contribution in [0.2, 0.25) is 5.02 Å². The Morgan fingerprint density at radius 2 is 2.05 bits per heavy atom. The molecule has 0 N–H and O–H groups in total. The smallest absolute Gasteiger partial charge is 0.363 e. The number of benzene rings is 2. The molecule has 0 saturated heterocycles. The first-order valence-electron chi connectivity index (χ1n) is 6.26. The summed E-state index contributed by atoms with van der Waals surface area (Å²) in [7, 11) is 0. The highest BCUT2D eigenvalue weighted by Gasteiger charge is 2.25. The van der Waals surface area contributed by atoms with Crippen LogP contribution >= 0.6 is 34.2 Å². The van der Waals surface area contributed by atoms with Crippen molar-refractivity contribution in [1.82, 2.24) is 0 Å². The minimum Gasteiger partial charge on any atom is -0.402 e. The van der Waals surface area contributed by atoms with Crippen molar-refractivity contribution in [2.45, 2.75) is 0 Å². The zero-order chi connectivity index (χ0) is 15.7. The van der Waals surface area contributed by atoms with Crippen molar-refractivity contribution >= 4 is 52.1 Å². The average molecular weight is 428 g/mol. The highest BCUT2D eigenvalue weighted by atomic mass is 127. The normalized spacial score (nSPS) is 15.9. The molecule has 1 heterocycles. The van der Waals surface area contributed by atoms with Crippen molar-refractivity contribution < 1.29 is 13.9 Å². The van der Waals surface area contributed by atoms with Crippen LogP contribution in [0.3, 0.4) is 0 Å². The summed E-state index contributed by atoms with van der Waals surface area (Å²) in [6, 6.07) is 11.2. The Morgan fingerprint density at radius 3 is 2.82 bits per heavy atom. The lowest BCUT2D eigenvalue weighted by Crippen LogP contribution is -2.06. The summed E-state index contributed by atoms with van der Waals surface area (Å²) in [5, 5.41) is 0.443. The van der Waals surface area contributed by atoms with Crippen molar-refractivity contribution in [3.05, 3.63) is 73.7 Å². The number of carbonyl (C=O) groups is 1. The third-order valence-corrected chi connectivity index (χ3v) is 3.93. The molecule has 2 aromatic rings. The van der Waals surface area contributed by atoms with E-state index in [0.717, 1.165) is 3.57 Å². The first kappa shape index (κ1) is 15.2. The fourth-order valence-corrected chi connectivity index (χ4v) is 2.63. The summed E-state index contributed by atoms with van der Waals surface area (Å²) < 4.78 is 19.3. The van der Waals surface area contributed by atoms with E-state index in [-0.39, 0.29) is 17.4 Å². The van der Waals surface area contributed by atoms with E-state index in [1.807, 2.05) is 6.07 Å². The van der Waals surface area contributed by atoms with E-state index >= 15 is 0 Å². The number of esters is 1. The predicted octanol–water partition coefficient (Wildman–Crippen LogP) is 4.43. The van der Waals surface area contributed by atoms with E-state index in [4.69, 9.17) is 16.3 Å². The van der Waals surface area contributed by atoms with Gasteiger partial charge >= 0.3 is 5.97 Å². The molecule has 0 unspecified atom stereocenters. The number of nitrogens with zero attached hydrogens (tertiary/aromatic N) is 1.